The van der Waals surface area contributed by atoms with Gasteiger partial charge in [0.25, 0.3) is 0 Å². The van der Waals surface area contributed by atoms with Crippen LogP contribution in [0.25, 0.3) is 0 Å². The second-order valence-electron chi connectivity index (χ2n) is 9.56. The highest BCUT2D eigenvalue weighted by Crippen LogP contribution is 2.38. The molecule has 1 saturated carbocycles. The van der Waals surface area contributed by atoms with Crippen LogP contribution in [0.15, 0.2) is 60.7 Å². The van der Waals surface area contributed by atoms with E-state index in [1.807, 2.05) is 13.0 Å². The standard InChI is InChI=1S/C27H36N2O2/c1-27(31)18-20-29(19-10-13-21-11-4-2-5-12-21)24(22-14-6-3-7-15-22)25(27)28-26(30)23-16-8-9-17-23/h2-7,11-12,14-15,23-25,31H,8-10,13,16-20H2,1H3,(H,28,30). The average Bonchev–Trinajstić information content (AvgIpc) is 3.32. The second kappa shape index (κ2) is 9.97. The lowest BCUT2D eigenvalue weighted by Gasteiger charge is -2.49. The summed E-state index contributed by atoms with van der Waals surface area (Å²) in [7, 11) is 0. The number of amides is 1. The van der Waals surface area contributed by atoms with Gasteiger partial charge in [-0.1, -0.05) is 73.5 Å². The number of aryl methyl sites for hydroxylation is 1. The molecule has 31 heavy (non-hydrogen) atoms. The van der Waals surface area contributed by atoms with E-state index in [0.29, 0.717) is 6.42 Å². The fourth-order valence-corrected chi connectivity index (χ4v) is 5.34. The molecule has 3 unspecified atom stereocenters. The van der Waals surface area contributed by atoms with Crippen molar-refractivity contribution in [3.05, 3.63) is 71.8 Å². The zero-order chi connectivity index (χ0) is 21.7. The Labute approximate surface area is 186 Å². The molecule has 2 N–H and O–H groups in total. The number of hydrogen-bond donors (Lipinski definition) is 2. The van der Waals surface area contributed by atoms with Crippen molar-refractivity contribution >= 4 is 5.91 Å². The lowest BCUT2D eigenvalue weighted by molar-refractivity contribution is -0.132. The van der Waals surface area contributed by atoms with E-state index in [-0.39, 0.29) is 23.9 Å². The Morgan fingerprint density at radius 2 is 1.71 bits per heavy atom. The maximum absolute atomic E-state index is 13.0. The van der Waals surface area contributed by atoms with Crippen molar-refractivity contribution in [1.82, 2.24) is 10.2 Å². The van der Waals surface area contributed by atoms with E-state index >= 15 is 0 Å². The van der Waals surface area contributed by atoms with Gasteiger partial charge in [-0.15, -0.1) is 0 Å². The SMILES string of the molecule is CC1(O)CCN(CCCc2ccccc2)C(c2ccccc2)C1NC(=O)C1CCCC1. The van der Waals surface area contributed by atoms with Gasteiger partial charge in [0.1, 0.15) is 0 Å². The Bertz CT molecular complexity index is 831. The fraction of sp³-hybridized carbons (Fsp3) is 0.519. The molecule has 2 aromatic rings. The van der Waals surface area contributed by atoms with Crippen molar-refractivity contribution in [2.45, 2.75) is 69.6 Å². The van der Waals surface area contributed by atoms with E-state index in [9.17, 15) is 9.90 Å². The molecular formula is C27H36N2O2. The van der Waals surface area contributed by atoms with Crippen molar-refractivity contribution in [3.8, 4) is 0 Å². The monoisotopic (exact) mass is 420 g/mol. The third kappa shape index (κ3) is 5.36. The third-order valence-corrected chi connectivity index (χ3v) is 7.20. The van der Waals surface area contributed by atoms with E-state index in [0.717, 1.165) is 51.6 Å². The van der Waals surface area contributed by atoms with Crippen LogP contribution < -0.4 is 5.32 Å². The molecule has 2 fully saturated rings. The number of benzene rings is 2. The molecule has 0 aromatic heterocycles. The minimum Gasteiger partial charge on any atom is -0.388 e. The van der Waals surface area contributed by atoms with Gasteiger partial charge >= 0.3 is 0 Å². The van der Waals surface area contributed by atoms with E-state index in [1.54, 1.807) is 0 Å². The molecule has 4 nitrogen and oxygen atoms in total. The average molecular weight is 421 g/mol. The lowest BCUT2D eigenvalue weighted by atomic mass is 9.79. The van der Waals surface area contributed by atoms with Gasteiger partial charge in [0.05, 0.1) is 17.7 Å². The van der Waals surface area contributed by atoms with Gasteiger partial charge in [0, 0.05) is 12.5 Å². The molecule has 1 heterocycles. The van der Waals surface area contributed by atoms with Crippen molar-refractivity contribution in [2.75, 3.05) is 13.1 Å². The summed E-state index contributed by atoms with van der Waals surface area (Å²) in [5, 5.41) is 14.6. The number of piperidine rings is 1. The molecule has 4 heteroatoms. The van der Waals surface area contributed by atoms with Crippen LogP contribution in [-0.2, 0) is 11.2 Å². The first-order chi connectivity index (χ1) is 15.0. The van der Waals surface area contributed by atoms with Gasteiger partial charge in [0.15, 0.2) is 0 Å². The quantitative estimate of drug-likeness (QED) is 0.694. The van der Waals surface area contributed by atoms with Gasteiger partial charge in [-0.2, -0.15) is 0 Å². The number of carbonyl (C=O) groups is 1. The first-order valence-corrected chi connectivity index (χ1v) is 11.9. The van der Waals surface area contributed by atoms with Crippen LogP contribution in [-0.4, -0.2) is 40.6 Å². The summed E-state index contributed by atoms with van der Waals surface area (Å²) in [6.45, 7) is 3.67. The molecule has 4 rings (SSSR count). The largest absolute Gasteiger partial charge is 0.388 e. The highest BCUT2D eigenvalue weighted by molar-refractivity contribution is 5.79. The van der Waals surface area contributed by atoms with Crippen LogP contribution in [0.5, 0.6) is 0 Å². The molecule has 2 aliphatic rings. The Kier molecular flexibility index (Phi) is 7.09. The summed E-state index contributed by atoms with van der Waals surface area (Å²) in [6, 6.07) is 20.7. The van der Waals surface area contributed by atoms with Crippen molar-refractivity contribution < 1.29 is 9.90 Å². The molecular weight excluding hydrogens is 384 g/mol. The number of carbonyl (C=O) groups excluding carboxylic acids is 1. The van der Waals surface area contributed by atoms with Crippen molar-refractivity contribution in [3.63, 3.8) is 0 Å². The van der Waals surface area contributed by atoms with Crippen LogP contribution >= 0.6 is 0 Å². The van der Waals surface area contributed by atoms with E-state index in [1.165, 1.54) is 11.1 Å². The summed E-state index contributed by atoms with van der Waals surface area (Å²) in [4.78, 5) is 15.5. The van der Waals surface area contributed by atoms with Crippen LogP contribution in [0.3, 0.4) is 0 Å². The zero-order valence-corrected chi connectivity index (χ0v) is 18.7. The molecule has 1 amide bonds. The predicted octanol–water partition coefficient (Wildman–Crippen LogP) is 4.49. The molecule has 0 spiro atoms. The first-order valence-electron chi connectivity index (χ1n) is 11.9. The van der Waals surface area contributed by atoms with E-state index < -0.39 is 5.60 Å². The fourth-order valence-electron chi connectivity index (χ4n) is 5.34. The molecule has 3 atom stereocenters. The van der Waals surface area contributed by atoms with Gasteiger partial charge in [-0.25, -0.2) is 0 Å². The van der Waals surface area contributed by atoms with E-state index in [4.69, 9.17) is 0 Å². The Hall–Kier alpha value is -2.17. The number of nitrogens with one attached hydrogen (secondary N) is 1. The maximum Gasteiger partial charge on any atom is 0.223 e. The smallest absolute Gasteiger partial charge is 0.223 e. The number of nitrogens with zero attached hydrogens (tertiary/aromatic N) is 1. The topological polar surface area (TPSA) is 52.6 Å². The summed E-state index contributed by atoms with van der Waals surface area (Å²) in [5.74, 6) is 0.218. The number of hydrogen-bond acceptors (Lipinski definition) is 3. The summed E-state index contributed by atoms with van der Waals surface area (Å²) < 4.78 is 0. The van der Waals surface area contributed by atoms with Crippen LogP contribution in [0.1, 0.15) is 62.6 Å². The summed E-state index contributed by atoms with van der Waals surface area (Å²) >= 11 is 0. The van der Waals surface area contributed by atoms with Crippen LogP contribution in [0, 0.1) is 5.92 Å². The molecule has 0 bridgehead atoms. The number of rotatable bonds is 7. The number of likely N-dealkylation sites (tertiary alicyclic amines) is 1. The normalized spacial score (nSPS) is 27.3. The highest BCUT2D eigenvalue weighted by atomic mass is 16.3. The van der Waals surface area contributed by atoms with Gasteiger partial charge in [0.2, 0.25) is 5.91 Å². The van der Waals surface area contributed by atoms with Crippen molar-refractivity contribution in [1.29, 1.82) is 0 Å². The van der Waals surface area contributed by atoms with Gasteiger partial charge < -0.3 is 10.4 Å². The molecule has 166 valence electrons. The summed E-state index contributed by atoms with van der Waals surface area (Å²) in [5.41, 5.74) is 1.60. The Balaban J connectivity index is 1.53. The lowest BCUT2D eigenvalue weighted by Crippen LogP contribution is -2.63. The summed E-state index contributed by atoms with van der Waals surface area (Å²) in [6.07, 6.45) is 6.96. The molecule has 0 radical (unpaired) electrons. The van der Waals surface area contributed by atoms with E-state index in [2.05, 4.69) is 64.8 Å². The molecule has 1 aliphatic carbocycles. The maximum atomic E-state index is 13.0. The van der Waals surface area contributed by atoms with Crippen molar-refractivity contribution in [2.24, 2.45) is 5.92 Å². The Morgan fingerprint density at radius 3 is 2.39 bits per heavy atom. The molecule has 1 saturated heterocycles. The number of aliphatic hydroxyl groups is 1. The second-order valence-corrected chi connectivity index (χ2v) is 9.56. The zero-order valence-electron chi connectivity index (χ0n) is 18.7. The Morgan fingerprint density at radius 1 is 1.06 bits per heavy atom. The van der Waals surface area contributed by atoms with Gasteiger partial charge in [-0.05, 0) is 56.7 Å². The first kappa shape index (κ1) is 22.0. The minimum atomic E-state index is -0.926. The predicted molar refractivity (Wildman–Crippen MR) is 125 cm³/mol. The van der Waals surface area contributed by atoms with Crippen LogP contribution in [0.4, 0.5) is 0 Å². The minimum absolute atomic E-state index is 0.0222. The van der Waals surface area contributed by atoms with Crippen LogP contribution in [0.2, 0.25) is 0 Å². The third-order valence-electron chi connectivity index (χ3n) is 7.20. The highest BCUT2D eigenvalue weighted by Gasteiger charge is 2.46. The molecule has 2 aromatic carbocycles. The molecule has 1 aliphatic heterocycles. The van der Waals surface area contributed by atoms with Gasteiger partial charge in [-0.3, -0.25) is 9.69 Å².